The van der Waals surface area contributed by atoms with E-state index in [0.29, 0.717) is 35.7 Å². The van der Waals surface area contributed by atoms with Gasteiger partial charge in [0.25, 0.3) is 0 Å². The molecule has 3 aromatic carbocycles. The predicted octanol–water partition coefficient (Wildman–Crippen LogP) is 5.40. The molecule has 0 heterocycles. The van der Waals surface area contributed by atoms with Crippen LogP contribution in [0, 0.1) is 6.92 Å². The van der Waals surface area contributed by atoms with Crippen molar-refractivity contribution in [3.05, 3.63) is 78.4 Å². The largest absolute Gasteiger partial charge is 0.513 e. The van der Waals surface area contributed by atoms with Crippen LogP contribution in [0.2, 0.25) is 0 Å². The summed E-state index contributed by atoms with van der Waals surface area (Å²) in [5, 5.41) is 1.54. The number of ether oxygens (including phenoxy) is 5. The second kappa shape index (κ2) is 12.2. The highest BCUT2D eigenvalue weighted by Gasteiger charge is 2.14. The summed E-state index contributed by atoms with van der Waals surface area (Å²) in [6, 6.07) is 15.4. The van der Waals surface area contributed by atoms with E-state index >= 15 is 0 Å². The number of carbonyl (C=O) groups is 3. The molecular weight excluding hydrogens is 452 g/mol. The zero-order valence-electron chi connectivity index (χ0n) is 19.6. The normalized spacial score (nSPS) is 10.3. The number of aryl methyl sites for hydroxylation is 1. The van der Waals surface area contributed by atoms with Gasteiger partial charge in [-0.15, -0.1) is 0 Å². The number of fused-ring (bicyclic) bond motifs is 1. The summed E-state index contributed by atoms with van der Waals surface area (Å²) in [5.41, 5.74) is 1.35. The standard InChI is InChI=1S/C27H26O8/c1-4-25(28)32-13-5-6-14-33-27(30)34-22-11-10-19-16-21(9-8-20(19)17-22)26(29)35-23-12-7-18(2)15-24(23)31-3/h4,7-12,15-17H,1,5-6,13-14H2,2-3H3. The smallest absolute Gasteiger partial charge is 0.493 e. The average molecular weight is 478 g/mol. The lowest BCUT2D eigenvalue weighted by molar-refractivity contribution is -0.137. The first kappa shape index (κ1) is 25.3. The topological polar surface area (TPSA) is 97.4 Å². The van der Waals surface area contributed by atoms with Gasteiger partial charge in [-0.2, -0.15) is 0 Å². The Hall–Kier alpha value is -4.33. The summed E-state index contributed by atoms with van der Waals surface area (Å²) < 4.78 is 25.9. The van der Waals surface area contributed by atoms with Crippen LogP contribution >= 0.6 is 0 Å². The van der Waals surface area contributed by atoms with Gasteiger partial charge in [0, 0.05) is 6.08 Å². The van der Waals surface area contributed by atoms with E-state index in [1.807, 2.05) is 13.0 Å². The fourth-order valence-electron chi connectivity index (χ4n) is 3.15. The second-order valence-corrected chi connectivity index (χ2v) is 7.55. The highest BCUT2D eigenvalue weighted by atomic mass is 16.7. The molecule has 8 nitrogen and oxygen atoms in total. The number of rotatable bonds is 10. The molecule has 0 atom stereocenters. The summed E-state index contributed by atoms with van der Waals surface area (Å²) in [5.74, 6) is 0.115. The van der Waals surface area contributed by atoms with Crippen molar-refractivity contribution in [2.24, 2.45) is 0 Å². The van der Waals surface area contributed by atoms with E-state index in [1.54, 1.807) is 48.5 Å². The molecule has 3 rings (SSSR count). The molecule has 8 heteroatoms. The lowest BCUT2D eigenvalue weighted by Gasteiger charge is -2.10. The van der Waals surface area contributed by atoms with Gasteiger partial charge in [-0.3, -0.25) is 0 Å². The minimum atomic E-state index is -0.834. The Morgan fingerprint density at radius 2 is 1.54 bits per heavy atom. The van der Waals surface area contributed by atoms with Gasteiger partial charge in [0.1, 0.15) is 5.75 Å². The fraction of sp³-hybridized carbons (Fsp3) is 0.222. The van der Waals surface area contributed by atoms with Crippen LogP contribution in [0.5, 0.6) is 17.2 Å². The number of unbranched alkanes of at least 4 members (excludes halogenated alkanes) is 1. The Labute approximate surface area is 203 Å². The van der Waals surface area contributed by atoms with Crippen LogP contribution in [0.15, 0.2) is 67.3 Å². The summed E-state index contributed by atoms with van der Waals surface area (Å²) in [4.78, 5) is 35.5. The van der Waals surface area contributed by atoms with Gasteiger partial charge in [0.2, 0.25) is 0 Å². The molecule has 3 aromatic rings. The maximum Gasteiger partial charge on any atom is 0.513 e. The molecule has 0 fully saturated rings. The maximum atomic E-state index is 12.6. The molecule has 0 aliphatic carbocycles. The third kappa shape index (κ3) is 7.33. The van der Waals surface area contributed by atoms with Crippen LogP contribution in [-0.4, -0.2) is 38.4 Å². The van der Waals surface area contributed by atoms with E-state index in [2.05, 4.69) is 6.58 Å². The highest BCUT2D eigenvalue weighted by Crippen LogP contribution is 2.29. The Morgan fingerprint density at radius 3 is 2.29 bits per heavy atom. The fourth-order valence-corrected chi connectivity index (χ4v) is 3.15. The van der Waals surface area contributed by atoms with E-state index < -0.39 is 18.1 Å². The van der Waals surface area contributed by atoms with E-state index in [9.17, 15) is 14.4 Å². The summed E-state index contributed by atoms with van der Waals surface area (Å²) in [6.07, 6.45) is 1.32. The van der Waals surface area contributed by atoms with Crippen molar-refractivity contribution < 1.29 is 38.1 Å². The van der Waals surface area contributed by atoms with E-state index in [4.69, 9.17) is 23.7 Å². The molecule has 0 N–H and O–H groups in total. The molecule has 0 spiro atoms. The van der Waals surface area contributed by atoms with E-state index in [-0.39, 0.29) is 13.2 Å². The quantitative estimate of drug-likeness (QED) is 0.126. The first-order valence-corrected chi connectivity index (χ1v) is 10.9. The third-order valence-electron chi connectivity index (χ3n) is 4.94. The molecule has 0 aliphatic rings. The Morgan fingerprint density at radius 1 is 0.829 bits per heavy atom. The van der Waals surface area contributed by atoms with Gasteiger partial charge >= 0.3 is 18.1 Å². The molecule has 0 unspecified atom stereocenters. The first-order valence-electron chi connectivity index (χ1n) is 10.9. The van der Waals surface area contributed by atoms with Gasteiger partial charge < -0.3 is 23.7 Å². The Kier molecular flexibility index (Phi) is 8.83. The number of hydrogen-bond acceptors (Lipinski definition) is 8. The van der Waals surface area contributed by atoms with Crippen molar-refractivity contribution in [3.8, 4) is 17.2 Å². The Bertz CT molecular complexity index is 1230. The molecule has 35 heavy (non-hydrogen) atoms. The van der Waals surface area contributed by atoms with Crippen LogP contribution in [-0.2, 0) is 14.3 Å². The SMILES string of the molecule is C=CC(=O)OCCCCOC(=O)Oc1ccc2cc(C(=O)Oc3ccc(C)cc3OC)ccc2c1. The van der Waals surface area contributed by atoms with E-state index in [0.717, 1.165) is 22.4 Å². The molecule has 0 bridgehead atoms. The summed E-state index contributed by atoms with van der Waals surface area (Å²) >= 11 is 0. The van der Waals surface area contributed by atoms with Gasteiger partial charge in [0.05, 0.1) is 25.9 Å². The van der Waals surface area contributed by atoms with Crippen LogP contribution in [0.4, 0.5) is 4.79 Å². The van der Waals surface area contributed by atoms with Crippen molar-refractivity contribution in [2.45, 2.75) is 19.8 Å². The monoisotopic (exact) mass is 478 g/mol. The van der Waals surface area contributed by atoms with E-state index in [1.165, 1.54) is 7.11 Å². The molecule has 0 saturated carbocycles. The lowest BCUT2D eigenvalue weighted by Crippen LogP contribution is -2.12. The predicted molar refractivity (Wildman–Crippen MR) is 129 cm³/mol. The van der Waals surface area contributed by atoms with Crippen molar-refractivity contribution in [1.82, 2.24) is 0 Å². The maximum absolute atomic E-state index is 12.6. The Balaban J connectivity index is 1.55. The zero-order valence-corrected chi connectivity index (χ0v) is 19.6. The van der Waals surface area contributed by atoms with Crippen molar-refractivity contribution in [3.63, 3.8) is 0 Å². The molecule has 0 saturated heterocycles. The van der Waals surface area contributed by atoms with Crippen molar-refractivity contribution in [1.29, 1.82) is 0 Å². The molecule has 0 aliphatic heterocycles. The minimum absolute atomic E-state index is 0.134. The van der Waals surface area contributed by atoms with Gasteiger partial charge in [0.15, 0.2) is 11.5 Å². The lowest BCUT2D eigenvalue weighted by atomic mass is 10.1. The number of carbonyl (C=O) groups excluding carboxylic acids is 3. The molecule has 0 amide bonds. The second-order valence-electron chi connectivity index (χ2n) is 7.55. The minimum Gasteiger partial charge on any atom is -0.493 e. The van der Waals surface area contributed by atoms with Crippen molar-refractivity contribution in [2.75, 3.05) is 20.3 Å². The van der Waals surface area contributed by atoms with Crippen LogP contribution in [0.3, 0.4) is 0 Å². The summed E-state index contributed by atoms with van der Waals surface area (Å²) in [7, 11) is 1.52. The average Bonchev–Trinajstić information content (AvgIpc) is 2.86. The highest BCUT2D eigenvalue weighted by molar-refractivity contribution is 5.97. The molecule has 0 radical (unpaired) electrons. The van der Waals surface area contributed by atoms with Gasteiger partial charge in [-0.1, -0.05) is 24.8 Å². The molecular formula is C27H26O8. The third-order valence-corrected chi connectivity index (χ3v) is 4.94. The molecule has 182 valence electrons. The van der Waals surface area contributed by atoms with Gasteiger partial charge in [-0.05, 0) is 72.5 Å². The van der Waals surface area contributed by atoms with Gasteiger partial charge in [-0.25, -0.2) is 14.4 Å². The number of hydrogen-bond donors (Lipinski definition) is 0. The number of esters is 2. The van der Waals surface area contributed by atoms with Crippen LogP contribution in [0.25, 0.3) is 10.8 Å². The van der Waals surface area contributed by atoms with Crippen LogP contribution < -0.4 is 14.2 Å². The van der Waals surface area contributed by atoms with Crippen LogP contribution in [0.1, 0.15) is 28.8 Å². The number of benzene rings is 3. The molecule has 0 aromatic heterocycles. The number of methoxy groups -OCH3 is 1. The zero-order chi connectivity index (χ0) is 25.2. The van der Waals surface area contributed by atoms with Crippen molar-refractivity contribution >= 4 is 28.9 Å². The first-order chi connectivity index (χ1) is 16.9. The summed E-state index contributed by atoms with van der Waals surface area (Å²) in [6.45, 7) is 5.58.